The topological polar surface area (TPSA) is 85.5 Å². The van der Waals surface area contributed by atoms with Crippen molar-refractivity contribution in [2.24, 2.45) is 0 Å². The Morgan fingerprint density at radius 2 is 1.82 bits per heavy atom. The zero-order chi connectivity index (χ0) is 15.6. The quantitative estimate of drug-likeness (QED) is 0.793. The maximum atomic E-state index is 12.6. The highest BCUT2D eigenvalue weighted by atomic mass is 32.2. The van der Waals surface area contributed by atoms with Gasteiger partial charge in [0.25, 0.3) is 5.91 Å². The van der Waals surface area contributed by atoms with Crippen molar-refractivity contribution in [1.82, 2.24) is 19.5 Å². The highest BCUT2D eigenvalue weighted by Gasteiger charge is 2.28. The SMILES string of the molecule is O=C(c1cc(S(=O)(=O)N2CCSCC2)c[nH]1)N1CCNCC1. The van der Waals surface area contributed by atoms with Gasteiger partial charge in [0.1, 0.15) is 10.6 Å². The van der Waals surface area contributed by atoms with Gasteiger partial charge in [0.05, 0.1) is 0 Å². The monoisotopic (exact) mass is 344 g/mol. The Labute approximate surface area is 134 Å². The lowest BCUT2D eigenvalue weighted by molar-refractivity contribution is 0.0730. The van der Waals surface area contributed by atoms with Crippen molar-refractivity contribution < 1.29 is 13.2 Å². The van der Waals surface area contributed by atoms with Crippen molar-refractivity contribution in [2.75, 3.05) is 50.8 Å². The third-order valence-corrected chi connectivity index (χ3v) is 6.72. The number of nitrogens with zero attached hydrogens (tertiary/aromatic N) is 2. The summed E-state index contributed by atoms with van der Waals surface area (Å²) in [5.41, 5.74) is 0.340. The van der Waals surface area contributed by atoms with Gasteiger partial charge in [0.2, 0.25) is 10.0 Å². The first-order valence-corrected chi connectivity index (χ1v) is 9.95. The summed E-state index contributed by atoms with van der Waals surface area (Å²) in [4.78, 5) is 17.1. The minimum Gasteiger partial charge on any atom is -0.356 e. The second-order valence-corrected chi connectivity index (χ2v) is 8.47. The molecule has 0 aromatic carbocycles. The van der Waals surface area contributed by atoms with Crippen molar-refractivity contribution in [2.45, 2.75) is 4.90 Å². The van der Waals surface area contributed by atoms with Gasteiger partial charge in [-0.05, 0) is 6.07 Å². The van der Waals surface area contributed by atoms with Gasteiger partial charge < -0.3 is 15.2 Å². The molecule has 0 radical (unpaired) electrons. The average molecular weight is 344 g/mol. The van der Waals surface area contributed by atoms with Crippen LogP contribution in [0.25, 0.3) is 0 Å². The van der Waals surface area contributed by atoms with E-state index in [4.69, 9.17) is 0 Å². The summed E-state index contributed by atoms with van der Waals surface area (Å²) >= 11 is 1.76. The molecular formula is C13H20N4O3S2. The second kappa shape index (κ2) is 6.61. The molecule has 1 aromatic rings. The number of rotatable bonds is 3. The van der Waals surface area contributed by atoms with Crippen LogP contribution in [0.1, 0.15) is 10.5 Å². The summed E-state index contributed by atoms with van der Waals surface area (Å²) in [5, 5.41) is 3.18. The molecule has 3 heterocycles. The molecule has 2 N–H and O–H groups in total. The van der Waals surface area contributed by atoms with Gasteiger partial charge in [-0.15, -0.1) is 0 Å². The number of piperazine rings is 1. The van der Waals surface area contributed by atoms with Gasteiger partial charge in [-0.1, -0.05) is 0 Å². The summed E-state index contributed by atoms with van der Waals surface area (Å²) < 4.78 is 26.6. The number of sulfonamides is 1. The van der Waals surface area contributed by atoms with Crippen molar-refractivity contribution in [1.29, 1.82) is 0 Å². The lowest BCUT2D eigenvalue weighted by Gasteiger charge is -2.27. The van der Waals surface area contributed by atoms with Crippen LogP contribution >= 0.6 is 11.8 Å². The molecule has 7 nitrogen and oxygen atoms in total. The van der Waals surface area contributed by atoms with E-state index in [9.17, 15) is 13.2 Å². The number of carbonyl (C=O) groups excluding carboxylic acids is 1. The minimum absolute atomic E-state index is 0.142. The highest BCUT2D eigenvalue weighted by Crippen LogP contribution is 2.21. The highest BCUT2D eigenvalue weighted by molar-refractivity contribution is 7.99. The van der Waals surface area contributed by atoms with Crippen LogP contribution in [0.4, 0.5) is 0 Å². The fourth-order valence-corrected chi connectivity index (χ4v) is 5.19. The Morgan fingerprint density at radius 1 is 1.14 bits per heavy atom. The summed E-state index contributed by atoms with van der Waals surface area (Å²) in [6, 6.07) is 1.46. The van der Waals surface area contributed by atoms with Crippen LogP contribution in [0.15, 0.2) is 17.2 Å². The normalized spacial score (nSPS) is 21.0. The van der Waals surface area contributed by atoms with Crippen LogP contribution in [-0.4, -0.2) is 79.3 Å². The van der Waals surface area contributed by atoms with Crippen LogP contribution in [0.5, 0.6) is 0 Å². The molecule has 3 rings (SSSR count). The number of aromatic amines is 1. The number of aromatic nitrogens is 1. The molecule has 0 bridgehead atoms. The van der Waals surface area contributed by atoms with Crippen molar-refractivity contribution in [3.8, 4) is 0 Å². The van der Waals surface area contributed by atoms with E-state index in [1.807, 2.05) is 0 Å². The number of hydrogen-bond acceptors (Lipinski definition) is 5. The molecular weight excluding hydrogens is 324 g/mol. The maximum Gasteiger partial charge on any atom is 0.270 e. The first-order chi connectivity index (χ1) is 10.6. The van der Waals surface area contributed by atoms with Crippen LogP contribution in [0.3, 0.4) is 0 Å². The van der Waals surface area contributed by atoms with Crippen LogP contribution in [0.2, 0.25) is 0 Å². The molecule has 0 atom stereocenters. The summed E-state index contributed by atoms with van der Waals surface area (Å²) in [6.45, 7) is 3.87. The molecule has 0 unspecified atom stereocenters. The number of nitrogens with one attached hydrogen (secondary N) is 2. The van der Waals surface area contributed by atoms with E-state index in [1.54, 1.807) is 16.7 Å². The minimum atomic E-state index is -3.50. The number of amides is 1. The first kappa shape index (κ1) is 15.9. The number of hydrogen-bond donors (Lipinski definition) is 2. The molecule has 22 heavy (non-hydrogen) atoms. The third-order valence-electron chi connectivity index (χ3n) is 3.90. The molecule has 2 aliphatic rings. The first-order valence-electron chi connectivity index (χ1n) is 7.35. The van der Waals surface area contributed by atoms with E-state index in [-0.39, 0.29) is 10.8 Å². The zero-order valence-corrected chi connectivity index (χ0v) is 13.9. The molecule has 2 aliphatic heterocycles. The molecule has 0 spiro atoms. The predicted octanol–water partition coefficient (Wildman–Crippen LogP) is -0.202. The Kier molecular flexibility index (Phi) is 4.76. The number of carbonyl (C=O) groups is 1. The molecule has 2 fully saturated rings. The molecule has 0 aliphatic carbocycles. The Bertz CT molecular complexity index is 631. The van der Waals surface area contributed by atoms with Gasteiger partial charge in [0.15, 0.2) is 0 Å². The predicted molar refractivity (Wildman–Crippen MR) is 85.6 cm³/mol. The van der Waals surface area contributed by atoms with Gasteiger partial charge in [0, 0.05) is 57.0 Å². The van der Waals surface area contributed by atoms with E-state index in [0.717, 1.165) is 24.6 Å². The van der Waals surface area contributed by atoms with Crippen LogP contribution in [-0.2, 0) is 10.0 Å². The van der Waals surface area contributed by atoms with E-state index < -0.39 is 10.0 Å². The number of H-pyrrole nitrogens is 1. The molecule has 122 valence electrons. The van der Waals surface area contributed by atoms with Gasteiger partial charge in [-0.25, -0.2) is 8.42 Å². The smallest absolute Gasteiger partial charge is 0.270 e. The fourth-order valence-electron chi connectivity index (χ4n) is 2.62. The largest absolute Gasteiger partial charge is 0.356 e. The summed E-state index contributed by atoms with van der Waals surface area (Å²) in [6.07, 6.45) is 1.42. The Balaban J connectivity index is 1.76. The third kappa shape index (κ3) is 3.17. The lowest BCUT2D eigenvalue weighted by Crippen LogP contribution is -2.46. The molecule has 1 amide bonds. The van der Waals surface area contributed by atoms with Crippen LogP contribution in [0, 0.1) is 0 Å². The Hall–Kier alpha value is -1.03. The zero-order valence-electron chi connectivity index (χ0n) is 12.2. The van der Waals surface area contributed by atoms with Gasteiger partial charge in [-0.3, -0.25) is 4.79 Å². The van der Waals surface area contributed by atoms with Crippen molar-refractivity contribution >= 4 is 27.7 Å². The summed E-state index contributed by atoms with van der Waals surface area (Å²) in [5.74, 6) is 1.49. The standard InChI is InChI=1S/C13H20N4O3S2/c18-13(16-3-1-14-2-4-16)12-9-11(10-15-12)22(19,20)17-5-7-21-8-6-17/h9-10,14-15H,1-8H2. The Morgan fingerprint density at radius 3 is 2.50 bits per heavy atom. The van der Waals surface area contributed by atoms with E-state index >= 15 is 0 Å². The second-order valence-electron chi connectivity index (χ2n) is 5.31. The van der Waals surface area contributed by atoms with E-state index in [0.29, 0.717) is 31.9 Å². The summed E-state index contributed by atoms with van der Waals surface area (Å²) in [7, 11) is -3.50. The van der Waals surface area contributed by atoms with Gasteiger partial charge in [-0.2, -0.15) is 16.1 Å². The molecule has 1 aromatic heterocycles. The molecule has 0 saturated carbocycles. The van der Waals surface area contributed by atoms with Crippen LogP contribution < -0.4 is 5.32 Å². The molecule has 9 heteroatoms. The molecule has 2 saturated heterocycles. The maximum absolute atomic E-state index is 12.6. The van der Waals surface area contributed by atoms with Crippen molar-refractivity contribution in [3.05, 3.63) is 18.0 Å². The number of thioether (sulfide) groups is 1. The average Bonchev–Trinajstić information content (AvgIpc) is 3.06. The lowest BCUT2D eigenvalue weighted by atomic mass is 10.3. The van der Waals surface area contributed by atoms with Gasteiger partial charge >= 0.3 is 0 Å². The van der Waals surface area contributed by atoms with Crippen molar-refractivity contribution in [3.63, 3.8) is 0 Å². The van der Waals surface area contributed by atoms with E-state index in [1.165, 1.54) is 16.6 Å². The van der Waals surface area contributed by atoms with E-state index in [2.05, 4.69) is 10.3 Å². The fraction of sp³-hybridized carbons (Fsp3) is 0.615.